The highest BCUT2D eigenvalue weighted by molar-refractivity contribution is 7.92. The van der Waals surface area contributed by atoms with Crippen molar-refractivity contribution in [3.63, 3.8) is 0 Å². The maximum atomic E-state index is 12.0. The summed E-state index contributed by atoms with van der Waals surface area (Å²) in [6.45, 7) is 1.39. The van der Waals surface area contributed by atoms with Gasteiger partial charge in [0.15, 0.2) is 15.6 Å². The third kappa shape index (κ3) is 1.81. The molecule has 1 aliphatic carbocycles. The molecule has 15 heavy (non-hydrogen) atoms. The van der Waals surface area contributed by atoms with E-state index in [0.29, 0.717) is 18.4 Å². The lowest BCUT2D eigenvalue weighted by Crippen LogP contribution is -2.11. The zero-order valence-electron chi connectivity index (χ0n) is 8.43. The molecule has 0 aliphatic heterocycles. The molecule has 0 atom stereocenters. The summed E-state index contributed by atoms with van der Waals surface area (Å²) in [5.41, 5.74) is 0.310. The number of carbonyl (C=O) groups is 1. The summed E-state index contributed by atoms with van der Waals surface area (Å²) in [6.07, 6.45) is 1.43. The summed E-state index contributed by atoms with van der Waals surface area (Å²) in [5.74, 6) is -0.199. The van der Waals surface area contributed by atoms with Crippen LogP contribution in [0.1, 0.15) is 30.1 Å². The zero-order chi connectivity index (χ0) is 11.1. The number of benzene rings is 1. The summed E-state index contributed by atoms with van der Waals surface area (Å²) < 4.78 is 23.9. The van der Waals surface area contributed by atoms with Crippen LogP contribution in [-0.2, 0) is 9.84 Å². The van der Waals surface area contributed by atoms with E-state index in [-0.39, 0.29) is 15.9 Å². The van der Waals surface area contributed by atoms with E-state index >= 15 is 0 Å². The Bertz CT molecular complexity index is 498. The minimum atomic E-state index is -3.26. The van der Waals surface area contributed by atoms with Gasteiger partial charge in [-0.3, -0.25) is 4.79 Å². The molecule has 0 N–H and O–H groups in total. The van der Waals surface area contributed by atoms with E-state index in [4.69, 9.17) is 0 Å². The Hall–Kier alpha value is -1.16. The van der Waals surface area contributed by atoms with E-state index in [1.807, 2.05) is 0 Å². The van der Waals surface area contributed by atoms with Gasteiger partial charge in [0.2, 0.25) is 0 Å². The molecule has 4 heteroatoms. The van der Waals surface area contributed by atoms with Crippen LogP contribution in [0.4, 0.5) is 0 Å². The van der Waals surface area contributed by atoms with Crippen LogP contribution < -0.4 is 0 Å². The van der Waals surface area contributed by atoms with Crippen LogP contribution in [0, 0.1) is 0 Å². The second-order valence-electron chi connectivity index (χ2n) is 3.80. The van der Waals surface area contributed by atoms with Crippen molar-refractivity contribution in [2.45, 2.75) is 29.9 Å². The largest absolute Gasteiger partial charge is 0.294 e. The summed E-state index contributed by atoms with van der Waals surface area (Å²) in [7, 11) is -3.26. The molecule has 1 saturated carbocycles. The van der Waals surface area contributed by atoms with Gasteiger partial charge in [0, 0.05) is 5.56 Å². The lowest BCUT2D eigenvalue weighted by Gasteiger charge is -2.06. The maximum absolute atomic E-state index is 12.0. The Balaban J connectivity index is 2.57. The van der Waals surface area contributed by atoms with E-state index in [1.165, 1.54) is 13.0 Å². The van der Waals surface area contributed by atoms with Gasteiger partial charge in [-0.1, -0.05) is 18.2 Å². The SMILES string of the molecule is CC(=O)c1ccccc1S(=O)(=O)C1CC1. The number of hydrogen-bond donors (Lipinski definition) is 0. The van der Waals surface area contributed by atoms with Crippen LogP contribution in [0.5, 0.6) is 0 Å². The average molecular weight is 224 g/mol. The van der Waals surface area contributed by atoms with Crippen molar-refractivity contribution in [3.8, 4) is 0 Å². The standard InChI is InChI=1S/C11H12O3S/c1-8(12)10-4-2-3-5-11(10)15(13,14)9-6-7-9/h2-5,9H,6-7H2,1H3. The van der Waals surface area contributed by atoms with Gasteiger partial charge in [0.05, 0.1) is 10.1 Å². The van der Waals surface area contributed by atoms with Gasteiger partial charge in [-0.05, 0) is 25.8 Å². The van der Waals surface area contributed by atoms with Gasteiger partial charge in [-0.15, -0.1) is 0 Å². The fraction of sp³-hybridized carbons (Fsp3) is 0.364. The van der Waals surface area contributed by atoms with Crippen LogP contribution in [0.3, 0.4) is 0 Å². The monoisotopic (exact) mass is 224 g/mol. The molecule has 0 heterocycles. The van der Waals surface area contributed by atoms with Gasteiger partial charge >= 0.3 is 0 Å². The van der Waals surface area contributed by atoms with E-state index in [0.717, 1.165) is 0 Å². The number of hydrogen-bond acceptors (Lipinski definition) is 3. The maximum Gasteiger partial charge on any atom is 0.181 e. The van der Waals surface area contributed by atoms with Crippen molar-refractivity contribution in [2.24, 2.45) is 0 Å². The van der Waals surface area contributed by atoms with Crippen LogP contribution in [0.25, 0.3) is 0 Å². The molecule has 0 unspecified atom stereocenters. The predicted octanol–water partition coefficient (Wildman–Crippen LogP) is 1.83. The number of rotatable bonds is 3. The van der Waals surface area contributed by atoms with Crippen molar-refractivity contribution < 1.29 is 13.2 Å². The van der Waals surface area contributed by atoms with Crippen LogP contribution in [0.2, 0.25) is 0 Å². The van der Waals surface area contributed by atoms with Crippen LogP contribution in [0.15, 0.2) is 29.2 Å². The summed E-state index contributed by atoms with van der Waals surface area (Å²) in [4.78, 5) is 11.5. The van der Waals surface area contributed by atoms with Gasteiger partial charge in [0.25, 0.3) is 0 Å². The molecule has 0 aromatic heterocycles. The number of carbonyl (C=O) groups excluding carboxylic acids is 1. The third-order valence-corrected chi connectivity index (χ3v) is 4.85. The molecule has 3 nitrogen and oxygen atoms in total. The summed E-state index contributed by atoms with van der Waals surface area (Å²) in [6, 6.07) is 6.42. The molecule has 2 rings (SSSR count). The van der Waals surface area contributed by atoms with E-state index in [2.05, 4.69) is 0 Å². The Morgan fingerprint density at radius 1 is 1.27 bits per heavy atom. The molecule has 1 aliphatic rings. The Labute approximate surface area is 89.0 Å². The van der Waals surface area contributed by atoms with Crippen molar-refractivity contribution in [2.75, 3.05) is 0 Å². The van der Waals surface area contributed by atoms with Gasteiger partial charge in [-0.25, -0.2) is 8.42 Å². The molecule has 0 saturated heterocycles. The fourth-order valence-corrected chi connectivity index (χ4v) is 3.47. The molecule has 0 bridgehead atoms. The second-order valence-corrected chi connectivity index (χ2v) is 5.99. The Morgan fingerprint density at radius 2 is 1.87 bits per heavy atom. The molecule has 0 amide bonds. The van der Waals surface area contributed by atoms with Gasteiger partial charge in [0.1, 0.15) is 0 Å². The second kappa shape index (κ2) is 3.45. The minimum absolute atomic E-state index is 0.194. The first-order chi connectivity index (χ1) is 7.03. The van der Waals surface area contributed by atoms with Crippen molar-refractivity contribution in [1.29, 1.82) is 0 Å². The van der Waals surface area contributed by atoms with Gasteiger partial charge < -0.3 is 0 Å². The molecule has 1 fully saturated rings. The van der Waals surface area contributed by atoms with Crippen LogP contribution in [-0.4, -0.2) is 19.5 Å². The summed E-state index contributed by atoms with van der Waals surface area (Å²) >= 11 is 0. The molecule has 0 radical (unpaired) electrons. The first-order valence-electron chi connectivity index (χ1n) is 4.87. The van der Waals surface area contributed by atoms with Gasteiger partial charge in [-0.2, -0.15) is 0 Å². The average Bonchev–Trinajstić information content (AvgIpc) is 3.01. The molecule has 0 spiro atoms. The Morgan fingerprint density at radius 3 is 2.40 bits per heavy atom. The number of sulfone groups is 1. The predicted molar refractivity (Wildman–Crippen MR) is 56.7 cm³/mol. The molecule has 1 aromatic carbocycles. The highest BCUT2D eigenvalue weighted by Gasteiger charge is 2.38. The van der Waals surface area contributed by atoms with Crippen molar-refractivity contribution >= 4 is 15.6 Å². The molecular formula is C11H12O3S. The smallest absolute Gasteiger partial charge is 0.181 e. The quantitative estimate of drug-likeness (QED) is 0.736. The normalized spacial score (nSPS) is 16.3. The molecule has 1 aromatic rings. The Kier molecular flexibility index (Phi) is 2.38. The lowest BCUT2D eigenvalue weighted by atomic mass is 10.1. The molecular weight excluding hydrogens is 212 g/mol. The number of Topliss-reactive ketones (excluding diaryl/α,β-unsaturated/α-hetero) is 1. The first-order valence-corrected chi connectivity index (χ1v) is 6.42. The highest BCUT2D eigenvalue weighted by atomic mass is 32.2. The molecule has 80 valence electrons. The highest BCUT2D eigenvalue weighted by Crippen LogP contribution is 2.34. The topological polar surface area (TPSA) is 51.2 Å². The van der Waals surface area contributed by atoms with Crippen LogP contribution >= 0.6 is 0 Å². The number of ketones is 1. The van der Waals surface area contributed by atoms with E-state index in [1.54, 1.807) is 18.2 Å². The fourth-order valence-electron chi connectivity index (χ4n) is 1.56. The van der Waals surface area contributed by atoms with E-state index < -0.39 is 9.84 Å². The van der Waals surface area contributed by atoms with E-state index in [9.17, 15) is 13.2 Å². The minimum Gasteiger partial charge on any atom is -0.294 e. The summed E-state index contributed by atoms with van der Waals surface area (Å²) in [5, 5.41) is -0.266. The first kappa shape index (κ1) is 10.4. The van der Waals surface area contributed by atoms with Crippen molar-refractivity contribution in [1.82, 2.24) is 0 Å². The third-order valence-electron chi connectivity index (χ3n) is 2.54. The zero-order valence-corrected chi connectivity index (χ0v) is 9.25. The lowest BCUT2D eigenvalue weighted by molar-refractivity contribution is 0.101. The van der Waals surface area contributed by atoms with Crippen molar-refractivity contribution in [3.05, 3.63) is 29.8 Å².